The second-order valence-electron chi connectivity index (χ2n) is 11.6. The van der Waals surface area contributed by atoms with Crippen molar-refractivity contribution >= 4 is 57.9 Å². The molecule has 1 fully saturated rings. The number of aromatic nitrogens is 2. The van der Waals surface area contributed by atoms with E-state index >= 15 is 0 Å². The van der Waals surface area contributed by atoms with Crippen LogP contribution in [0.5, 0.6) is 11.5 Å². The molecule has 1 amide bonds. The number of nitrogens with zero attached hydrogens (tertiary/aromatic N) is 5. The van der Waals surface area contributed by atoms with Gasteiger partial charge in [0.05, 0.1) is 36.7 Å². The molecule has 14 nitrogen and oxygen atoms in total. The fourth-order valence-electron chi connectivity index (χ4n) is 4.77. The number of amides is 1. The fraction of sp³-hybridized carbons (Fsp3) is 0.433. The van der Waals surface area contributed by atoms with Gasteiger partial charge in [0.1, 0.15) is 27.8 Å². The van der Waals surface area contributed by atoms with Crippen LogP contribution in [0.3, 0.4) is 0 Å². The number of ether oxygens (including phenoxy) is 3. The van der Waals surface area contributed by atoms with Gasteiger partial charge in [-0.25, -0.2) is 9.78 Å². The maximum absolute atomic E-state index is 12.3. The van der Waals surface area contributed by atoms with E-state index in [1.54, 1.807) is 45.0 Å². The molecule has 3 N–H and O–H groups in total. The molecule has 1 aromatic heterocycles. The van der Waals surface area contributed by atoms with Crippen molar-refractivity contribution in [3.8, 4) is 11.5 Å². The minimum absolute atomic E-state index is 0.0670. The zero-order valence-electron chi connectivity index (χ0n) is 26.4. The van der Waals surface area contributed by atoms with Crippen LogP contribution in [0.2, 0.25) is 5.02 Å². The maximum Gasteiger partial charge on any atom is 0.412 e. The van der Waals surface area contributed by atoms with Gasteiger partial charge in [-0.05, 0) is 52.8 Å². The lowest BCUT2D eigenvalue weighted by molar-refractivity contribution is -0.384. The van der Waals surface area contributed by atoms with Crippen LogP contribution in [0.1, 0.15) is 34.6 Å². The third-order valence-corrected chi connectivity index (χ3v) is 7.24. The van der Waals surface area contributed by atoms with Gasteiger partial charge in [0.25, 0.3) is 5.69 Å². The maximum atomic E-state index is 12.3. The lowest BCUT2D eigenvalue weighted by Crippen LogP contribution is -2.49. The molecule has 4 rings (SSSR count). The molecule has 0 spiro atoms. The van der Waals surface area contributed by atoms with Crippen LogP contribution in [0, 0.1) is 10.1 Å². The summed E-state index contributed by atoms with van der Waals surface area (Å²) in [4.78, 5) is 37.1. The predicted octanol–water partition coefficient (Wildman–Crippen LogP) is 6.42. The first-order valence-corrected chi connectivity index (χ1v) is 14.8. The summed E-state index contributed by atoms with van der Waals surface area (Å²) in [5, 5.41) is 21.2. The number of hydrogen-bond donors (Lipinski definition) is 3. The first-order valence-electron chi connectivity index (χ1n) is 14.4. The summed E-state index contributed by atoms with van der Waals surface area (Å²) in [5.74, 6) is 1.17. The standard InChI is InChI=1S/C30H39ClN8O6/c1-18(2)37-10-12-38(13-11-37)23-16-26(44-7)22(15-24(23)39(41)42)35-28-32-17-20(31)27(36-28)34-21-14-19(8-9-25(21)43-6)33-29(40)45-30(3,4)5/h8-9,14-18H,10-13H2,1-7H3,(H,33,40)(H2,32,34,35,36). The molecule has 2 heterocycles. The highest BCUT2D eigenvalue weighted by Gasteiger charge is 2.27. The SMILES string of the molecule is COc1cc(N2CCN(C(C)C)CC2)c([N+](=O)[O-])cc1Nc1ncc(Cl)c(Nc2cc(NC(=O)OC(C)(C)C)ccc2OC)n1. The molecule has 242 valence electrons. The number of piperazine rings is 1. The van der Waals surface area contributed by atoms with E-state index < -0.39 is 16.6 Å². The van der Waals surface area contributed by atoms with Crippen molar-refractivity contribution in [3.05, 3.63) is 51.7 Å². The number of nitro groups is 1. The van der Waals surface area contributed by atoms with Crippen molar-refractivity contribution in [2.45, 2.75) is 46.3 Å². The number of methoxy groups -OCH3 is 2. The van der Waals surface area contributed by atoms with Crippen LogP contribution in [0.25, 0.3) is 0 Å². The fourth-order valence-corrected chi connectivity index (χ4v) is 4.91. The first kappa shape index (κ1) is 33.3. The summed E-state index contributed by atoms with van der Waals surface area (Å²) in [5.41, 5.74) is 0.955. The van der Waals surface area contributed by atoms with Gasteiger partial charge in [-0.15, -0.1) is 0 Å². The van der Waals surface area contributed by atoms with E-state index in [-0.39, 0.29) is 22.5 Å². The highest BCUT2D eigenvalue weighted by Crippen LogP contribution is 2.40. The summed E-state index contributed by atoms with van der Waals surface area (Å²) in [6.07, 6.45) is 0.773. The number of nitro benzene ring substituents is 1. The van der Waals surface area contributed by atoms with Gasteiger partial charge in [-0.3, -0.25) is 20.3 Å². The Kier molecular flexibility index (Phi) is 10.4. The Morgan fingerprint density at radius 1 is 1.02 bits per heavy atom. The smallest absolute Gasteiger partial charge is 0.412 e. The third-order valence-electron chi connectivity index (χ3n) is 6.97. The molecule has 1 saturated heterocycles. The van der Waals surface area contributed by atoms with Crippen LogP contribution in [-0.4, -0.2) is 77.9 Å². The summed E-state index contributed by atoms with van der Waals surface area (Å²) in [7, 11) is 3.00. The van der Waals surface area contributed by atoms with Crippen molar-refractivity contribution in [2.24, 2.45) is 0 Å². The van der Waals surface area contributed by atoms with Crippen LogP contribution in [0.4, 0.5) is 45.0 Å². The number of rotatable bonds is 10. The van der Waals surface area contributed by atoms with Crippen LogP contribution in [-0.2, 0) is 4.74 Å². The second kappa shape index (κ2) is 14.0. The van der Waals surface area contributed by atoms with Gasteiger partial charge in [0.15, 0.2) is 5.82 Å². The first-order chi connectivity index (χ1) is 21.3. The van der Waals surface area contributed by atoms with E-state index in [0.29, 0.717) is 53.4 Å². The van der Waals surface area contributed by atoms with Crippen molar-refractivity contribution in [1.29, 1.82) is 0 Å². The largest absolute Gasteiger partial charge is 0.495 e. The number of anilines is 6. The molecule has 3 aromatic rings. The average molecular weight is 643 g/mol. The molecule has 15 heteroatoms. The number of carbonyl (C=O) groups is 1. The zero-order valence-corrected chi connectivity index (χ0v) is 27.2. The average Bonchev–Trinajstić information content (AvgIpc) is 2.97. The molecule has 1 aliphatic heterocycles. The number of hydrogen-bond acceptors (Lipinski definition) is 12. The van der Waals surface area contributed by atoms with E-state index in [4.69, 9.17) is 25.8 Å². The number of carbonyl (C=O) groups excluding carboxylic acids is 1. The molecule has 0 saturated carbocycles. The van der Waals surface area contributed by atoms with Gasteiger partial charge >= 0.3 is 6.09 Å². The van der Waals surface area contributed by atoms with Crippen molar-refractivity contribution in [1.82, 2.24) is 14.9 Å². The van der Waals surface area contributed by atoms with E-state index in [0.717, 1.165) is 13.1 Å². The van der Waals surface area contributed by atoms with Crippen LogP contribution in [0.15, 0.2) is 36.5 Å². The molecular formula is C30H39ClN8O6. The number of benzene rings is 2. The zero-order chi connectivity index (χ0) is 32.9. The number of nitrogens with one attached hydrogen (secondary N) is 3. The highest BCUT2D eigenvalue weighted by atomic mass is 35.5. The Balaban J connectivity index is 1.59. The van der Waals surface area contributed by atoms with Crippen molar-refractivity contribution < 1.29 is 23.9 Å². The van der Waals surface area contributed by atoms with Crippen LogP contribution < -0.4 is 30.3 Å². The lowest BCUT2D eigenvalue weighted by Gasteiger charge is -2.38. The third kappa shape index (κ3) is 8.54. The van der Waals surface area contributed by atoms with Crippen molar-refractivity contribution in [2.75, 3.05) is 61.2 Å². The quantitative estimate of drug-likeness (QED) is 0.165. The Morgan fingerprint density at radius 3 is 2.29 bits per heavy atom. The van der Waals surface area contributed by atoms with Gasteiger partial charge in [0.2, 0.25) is 5.95 Å². The molecule has 2 aromatic carbocycles. The van der Waals surface area contributed by atoms with E-state index in [1.165, 1.54) is 26.5 Å². The Bertz CT molecular complexity index is 1540. The van der Waals surface area contributed by atoms with Gasteiger partial charge in [0, 0.05) is 50.0 Å². The molecule has 1 aliphatic rings. The van der Waals surface area contributed by atoms with E-state index in [2.05, 4.69) is 44.7 Å². The summed E-state index contributed by atoms with van der Waals surface area (Å²) in [6.45, 7) is 12.5. The molecule has 0 unspecified atom stereocenters. The number of halogens is 1. The highest BCUT2D eigenvalue weighted by molar-refractivity contribution is 6.33. The lowest BCUT2D eigenvalue weighted by atomic mass is 10.1. The molecule has 0 bridgehead atoms. The molecule has 45 heavy (non-hydrogen) atoms. The minimum atomic E-state index is -0.665. The Labute approximate surface area is 267 Å². The van der Waals surface area contributed by atoms with Gasteiger partial charge < -0.3 is 29.7 Å². The molecule has 0 atom stereocenters. The van der Waals surface area contributed by atoms with E-state index in [9.17, 15) is 14.9 Å². The predicted molar refractivity (Wildman–Crippen MR) is 175 cm³/mol. The summed E-state index contributed by atoms with van der Waals surface area (Å²) >= 11 is 6.43. The van der Waals surface area contributed by atoms with Crippen LogP contribution >= 0.6 is 11.6 Å². The van der Waals surface area contributed by atoms with Gasteiger partial charge in [-0.1, -0.05) is 11.6 Å². The molecule has 0 aliphatic carbocycles. The monoisotopic (exact) mass is 642 g/mol. The normalized spacial score (nSPS) is 13.8. The Hall–Kier alpha value is -4.56. The molecule has 0 radical (unpaired) electrons. The van der Waals surface area contributed by atoms with Gasteiger partial charge in [-0.2, -0.15) is 4.98 Å². The van der Waals surface area contributed by atoms with Crippen molar-refractivity contribution in [3.63, 3.8) is 0 Å². The Morgan fingerprint density at radius 2 is 1.69 bits per heavy atom. The minimum Gasteiger partial charge on any atom is -0.495 e. The van der Waals surface area contributed by atoms with E-state index in [1.807, 2.05) is 4.90 Å². The molecular weight excluding hydrogens is 604 g/mol. The topological polar surface area (TPSA) is 156 Å². The summed E-state index contributed by atoms with van der Waals surface area (Å²) < 4.78 is 16.4. The summed E-state index contributed by atoms with van der Waals surface area (Å²) in [6, 6.07) is 8.45. The second-order valence-corrected chi connectivity index (χ2v) is 12.0.